The van der Waals surface area contributed by atoms with E-state index in [2.05, 4.69) is 20.0 Å². The molecule has 7 heteroatoms. The number of halogens is 1. The molecular formula is C12H11ClN4O2. The molecule has 0 bridgehead atoms. The van der Waals surface area contributed by atoms with E-state index in [-0.39, 0.29) is 0 Å². The van der Waals surface area contributed by atoms with Crippen LogP contribution in [0.25, 0.3) is 0 Å². The van der Waals surface area contributed by atoms with E-state index in [4.69, 9.17) is 17.3 Å². The van der Waals surface area contributed by atoms with Gasteiger partial charge in [0.25, 0.3) is 0 Å². The zero-order valence-electron chi connectivity index (χ0n) is 10.1. The minimum atomic E-state index is -0.446. The van der Waals surface area contributed by atoms with E-state index in [1.807, 2.05) is 0 Å². The van der Waals surface area contributed by atoms with E-state index in [0.717, 1.165) is 0 Å². The highest BCUT2D eigenvalue weighted by Crippen LogP contribution is 2.25. The number of ether oxygens (including phenoxy) is 1. The third-order valence-corrected chi connectivity index (χ3v) is 2.64. The number of hydrogen-bond donors (Lipinski definition) is 2. The van der Waals surface area contributed by atoms with Crippen LogP contribution in [-0.2, 0) is 4.74 Å². The molecule has 19 heavy (non-hydrogen) atoms. The second-order valence-electron chi connectivity index (χ2n) is 3.65. The molecule has 0 saturated carbocycles. The molecule has 2 rings (SSSR count). The number of carbonyl (C=O) groups excluding carboxylic acids is 1. The van der Waals surface area contributed by atoms with Gasteiger partial charge in [0, 0.05) is 0 Å². The molecule has 1 aromatic heterocycles. The first kappa shape index (κ1) is 13.1. The predicted molar refractivity (Wildman–Crippen MR) is 72.5 cm³/mol. The van der Waals surface area contributed by atoms with Crippen molar-refractivity contribution in [2.24, 2.45) is 0 Å². The Kier molecular flexibility index (Phi) is 3.82. The molecule has 2 aromatic rings. The number of nitrogen functional groups attached to an aromatic ring is 1. The minimum Gasteiger partial charge on any atom is -0.465 e. The first-order valence-electron chi connectivity index (χ1n) is 5.32. The van der Waals surface area contributed by atoms with Gasteiger partial charge in [-0.3, -0.25) is 0 Å². The van der Waals surface area contributed by atoms with Gasteiger partial charge in [-0.15, -0.1) is 0 Å². The monoisotopic (exact) mass is 278 g/mol. The average molecular weight is 279 g/mol. The molecule has 1 heterocycles. The van der Waals surface area contributed by atoms with Gasteiger partial charge in [0.2, 0.25) is 5.95 Å². The molecule has 0 unspecified atom stereocenters. The van der Waals surface area contributed by atoms with Gasteiger partial charge in [0.05, 0.1) is 41.5 Å². The van der Waals surface area contributed by atoms with Gasteiger partial charge in [0.1, 0.15) is 0 Å². The highest BCUT2D eigenvalue weighted by Gasteiger charge is 2.09. The van der Waals surface area contributed by atoms with Crippen molar-refractivity contribution >= 4 is 34.9 Å². The lowest BCUT2D eigenvalue weighted by Gasteiger charge is -2.08. The molecular weight excluding hydrogens is 268 g/mol. The highest BCUT2D eigenvalue weighted by molar-refractivity contribution is 6.33. The summed E-state index contributed by atoms with van der Waals surface area (Å²) in [6.07, 6.45) is 2.93. The van der Waals surface area contributed by atoms with Gasteiger partial charge < -0.3 is 15.8 Å². The lowest BCUT2D eigenvalue weighted by Crippen LogP contribution is -2.03. The van der Waals surface area contributed by atoms with Crippen LogP contribution in [0.1, 0.15) is 10.4 Å². The summed E-state index contributed by atoms with van der Waals surface area (Å²) in [7, 11) is 1.31. The Hall–Kier alpha value is -2.34. The molecule has 0 atom stereocenters. The summed E-state index contributed by atoms with van der Waals surface area (Å²) in [5.41, 5.74) is 6.84. The standard InChI is InChI=1S/C12H11ClN4O2/c1-19-11(18)7-2-3-9(13)10(4-7)17-12-15-5-8(14)6-16-12/h2-6H,14H2,1H3,(H,15,16,17). The van der Waals surface area contributed by atoms with Crippen LogP contribution in [0.5, 0.6) is 0 Å². The Morgan fingerprint density at radius 2 is 2.05 bits per heavy atom. The molecule has 0 fully saturated rings. The Bertz CT molecular complexity index is 601. The Morgan fingerprint density at radius 3 is 2.68 bits per heavy atom. The predicted octanol–water partition coefficient (Wildman–Crippen LogP) is 2.24. The Balaban J connectivity index is 2.28. The molecule has 98 valence electrons. The zero-order valence-corrected chi connectivity index (χ0v) is 10.8. The van der Waals surface area contributed by atoms with Gasteiger partial charge in [-0.2, -0.15) is 0 Å². The summed E-state index contributed by atoms with van der Waals surface area (Å²) < 4.78 is 4.64. The van der Waals surface area contributed by atoms with Gasteiger partial charge >= 0.3 is 5.97 Å². The Labute approximate surface area is 114 Å². The number of nitrogens with two attached hydrogens (primary N) is 1. The number of anilines is 3. The largest absolute Gasteiger partial charge is 0.465 e. The van der Waals surface area contributed by atoms with E-state index >= 15 is 0 Å². The third-order valence-electron chi connectivity index (χ3n) is 2.31. The van der Waals surface area contributed by atoms with Gasteiger partial charge in [-0.05, 0) is 18.2 Å². The number of methoxy groups -OCH3 is 1. The van der Waals surface area contributed by atoms with Gasteiger partial charge in [0.15, 0.2) is 0 Å². The van der Waals surface area contributed by atoms with Crippen LogP contribution in [0.4, 0.5) is 17.3 Å². The number of aromatic nitrogens is 2. The third kappa shape index (κ3) is 3.11. The van der Waals surface area contributed by atoms with E-state index in [9.17, 15) is 4.79 Å². The molecule has 3 N–H and O–H groups in total. The van der Waals surface area contributed by atoms with E-state index in [1.165, 1.54) is 19.5 Å². The molecule has 1 aromatic carbocycles. The molecule has 0 saturated heterocycles. The first-order valence-corrected chi connectivity index (χ1v) is 5.70. The molecule has 0 amide bonds. The van der Waals surface area contributed by atoms with Crippen molar-refractivity contribution in [2.45, 2.75) is 0 Å². The number of rotatable bonds is 3. The van der Waals surface area contributed by atoms with E-state index in [0.29, 0.717) is 27.9 Å². The number of hydrogen-bond acceptors (Lipinski definition) is 6. The lowest BCUT2D eigenvalue weighted by atomic mass is 10.2. The van der Waals surface area contributed by atoms with Crippen molar-refractivity contribution in [3.05, 3.63) is 41.2 Å². The van der Waals surface area contributed by atoms with Crippen molar-refractivity contribution in [3.63, 3.8) is 0 Å². The second-order valence-corrected chi connectivity index (χ2v) is 4.06. The number of nitrogens with one attached hydrogen (secondary N) is 1. The number of nitrogens with zero attached hydrogens (tertiary/aromatic N) is 2. The van der Waals surface area contributed by atoms with Crippen LogP contribution in [0, 0.1) is 0 Å². The van der Waals surface area contributed by atoms with Crippen LogP contribution >= 0.6 is 11.6 Å². The smallest absolute Gasteiger partial charge is 0.337 e. The van der Waals surface area contributed by atoms with Crippen molar-refractivity contribution in [2.75, 3.05) is 18.2 Å². The molecule has 0 radical (unpaired) electrons. The van der Waals surface area contributed by atoms with Crippen molar-refractivity contribution in [1.29, 1.82) is 0 Å². The first-order chi connectivity index (χ1) is 9.10. The molecule has 6 nitrogen and oxygen atoms in total. The van der Waals surface area contributed by atoms with Crippen LogP contribution in [-0.4, -0.2) is 23.0 Å². The normalized spacial score (nSPS) is 10.0. The summed E-state index contributed by atoms with van der Waals surface area (Å²) >= 11 is 6.03. The maximum absolute atomic E-state index is 11.4. The fourth-order valence-corrected chi connectivity index (χ4v) is 1.55. The van der Waals surface area contributed by atoms with Crippen LogP contribution in [0.15, 0.2) is 30.6 Å². The molecule has 0 spiro atoms. The Morgan fingerprint density at radius 1 is 1.37 bits per heavy atom. The molecule has 0 aliphatic heterocycles. The highest BCUT2D eigenvalue weighted by atomic mass is 35.5. The number of benzene rings is 1. The lowest BCUT2D eigenvalue weighted by molar-refractivity contribution is 0.0601. The van der Waals surface area contributed by atoms with Gasteiger partial charge in [-0.1, -0.05) is 11.6 Å². The van der Waals surface area contributed by atoms with Crippen LogP contribution in [0.2, 0.25) is 5.02 Å². The van der Waals surface area contributed by atoms with Crippen molar-refractivity contribution < 1.29 is 9.53 Å². The minimum absolute atomic E-state index is 0.332. The quantitative estimate of drug-likeness (QED) is 0.837. The summed E-state index contributed by atoms with van der Waals surface area (Å²) in [6, 6.07) is 4.73. The second kappa shape index (κ2) is 5.53. The summed E-state index contributed by atoms with van der Waals surface area (Å²) in [4.78, 5) is 19.4. The van der Waals surface area contributed by atoms with Crippen LogP contribution < -0.4 is 11.1 Å². The van der Waals surface area contributed by atoms with E-state index in [1.54, 1.807) is 18.2 Å². The summed E-state index contributed by atoms with van der Waals surface area (Å²) in [5.74, 6) is -0.115. The SMILES string of the molecule is COC(=O)c1ccc(Cl)c(Nc2ncc(N)cn2)c1. The summed E-state index contributed by atoms with van der Waals surface area (Å²) in [5, 5.41) is 3.34. The molecule has 0 aliphatic carbocycles. The number of esters is 1. The maximum Gasteiger partial charge on any atom is 0.337 e. The zero-order chi connectivity index (χ0) is 13.8. The molecule has 0 aliphatic rings. The topological polar surface area (TPSA) is 90.1 Å². The van der Waals surface area contributed by atoms with E-state index < -0.39 is 5.97 Å². The van der Waals surface area contributed by atoms with Gasteiger partial charge in [-0.25, -0.2) is 14.8 Å². The average Bonchev–Trinajstić information content (AvgIpc) is 2.43. The fourth-order valence-electron chi connectivity index (χ4n) is 1.39. The maximum atomic E-state index is 11.4. The van der Waals surface area contributed by atoms with Crippen molar-refractivity contribution in [1.82, 2.24) is 9.97 Å². The fraction of sp³-hybridized carbons (Fsp3) is 0.0833. The van der Waals surface area contributed by atoms with Crippen molar-refractivity contribution in [3.8, 4) is 0 Å². The number of carbonyl (C=O) groups is 1. The summed E-state index contributed by atoms with van der Waals surface area (Å²) in [6.45, 7) is 0. The van der Waals surface area contributed by atoms with Crippen LogP contribution in [0.3, 0.4) is 0 Å².